The van der Waals surface area contributed by atoms with Crippen LogP contribution in [0, 0.1) is 5.92 Å². The first kappa shape index (κ1) is 21.1. The number of hydrogen-bond donors (Lipinski definition) is 0. The summed E-state index contributed by atoms with van der Waals surface area (Å²) in [5, 5.41) is 0. The third kappa shape index (κ3) is 4.51. The summed E-state index contributed by atoms with van der Waals surface area (Å²) in [4.78, 5) is 15.0. The van der Waals surface area contributed by atoms with Crippen molar-refractivity contribution in [2.45, 2.75) is 56.8 Å². The minimum absolute atomic E-state index is 0.0897. The second-order valence-corrected chi connectivity index (χ2v) is 9.76. The highest BCUT2D eigenvalue weighted by molar-refractivity contribution is 7.89. The number of sulfonamides is 1. The maximum atomic E-state index is 13.3. The molecule has 1 atom stereocenters. The minimum atomic E-state index is -3.69. The van der Waals surface area contributed by atoms with E-state index in [-0.39, 0.29) is 10.8 Å². The summed E-state index contributed by atoms with van der Waals surface area (Å²) in [5.41, 5.74) is 0.422. The first-order valence-corrected chi connectivity index (χ1v) is 11.9. The second kappa shape index (κ2) is 9.27. The zero-order valence-electron chi connectivity index (χ0n) is 17.0. The van der Waals surface area contributed by atoms with Crippen LogP contribution in [-0.4, -0.2) is 56.8 Å². The summed E-state index contributed by atoms with van der Waals surface area (Å²) in [5.74, 6) is 0.732. The maximum absolute atomic E-state index is 13.3. The van der Waals surface area contributed by atoms with Gasteiger partial charge in [0.1, 0.15) is 10.6 Å². The van der Waals surface area contributed by atoms with Crippen molar-refractivity contribution in [3.05, 3.63) is 23.8 Å². The lowest BCUT2D eigenvalue weighted by Gasteiger charge is -2.32. The van der Waals surface area contributed by atoms with Gasteiger partial charge in [0.05, 0.1) is 7.11 Å². The molecule has 2 heterocycles. The lowest BCUT2D eigenvalue weighted by atomic mass is 9.95. The fraction of sp³-hybridized carbons (Fsp3) is 0.667. The van der Waals surface area contributed by atoms with E-state index in [4.69, 9.17) is 4.74 Å². The van der Waals surface area contributed by atoms with Gasteiger partial charge in [-0.3, -0.25) is 4.79 Å². The summed E-state index contributed by atoms with van der Waals surface area (Å²) in [7, 11) is -2.23. The van der Waals surface area contributed by atoms with E-state index >= 15 is 0 Å². The molecule has 2 aliphatic heterocycles. The fourth-order valence-corrected chi connectivity index (χ4v) is 5.90. The molecule has 2 aliphatic rings. The minimum Gasteiger partial charge on any atom is -0.495 e. The van der Waals surface area contributed by atoms with Crippen molar-refractivity contribution in [3.63, 3.8) is 0 Å². The Labute approximate surface area is 168 Å². The van der Waals surface area contributed by atoms with Gasteiger partial charge in [-0.05, 0) is 49.8 Å². The Morgan fingerprint density at radius 3 is 2.46 bits per heavy atom. The van der Waals surface area contributed by atoms with Gasteiger partial charge >= 0.3 is 0 Å². The topological polar surface area (TPSA) is 66.9 Å². The maximum Gasteiger partial charge on any atom is 0.253 e. The summed E-state index contributed by atoms with van der Waals surface area (Å²) >= 11 is 0. The standard InChI is InChI=1S/C21H32N2O4S/c1-3-17-9-8-12-22(16-17)21(24)18-10-11-19(27-2)20(15-18)28(25,26)23-13-6-4-5-7-14-23/h10-11,15,17H,3-9,12-14,16H2,1-2H3. The van der Waals surface area contributed by atoms with E-state index in [9.17, 15) is 13.2 Å². The molecule has 0 spiro atoms. The summed E-state index contributed by atoms with van der Waals surface area (Å²) in [6.45, 7) is 4.67. The number of piperidine rings is 1. The van der Waals surface area contributed by atoms with Crippen molar-refractivity contribution < 1.29 is 17.9 Å². The largest absolute Gasteiger partial charge is 0.495 e. The summed E-state index contributed by atoms with van der Waals surface area (Å²) in [6, 6.07) is 4.80. The van der Waals surface area contributed by atoms with Crippen LogP contribution in [0.25, 0.3) is 0 Å². The van der Waals surface area contributed by atoms with Crippen LogP contribution in [-0.2, 0) is 10.0 Å². The molecule has 1 aromatic rings. The van der Waals surface area contributed by atoms with Crippen molar-refractivity contribution in [2.75, 3.05) is 33.3 Å². The quantitative estimate of drug-likeness (QED) is 0.748. The first-order chi connectivity index (χ1) is 13.5. The molecular formula is C21H32N2O4S. The van der Waals surface area contributed by atoms with Crippen LogP contribution in [0.5, 0.6) is 5.75 Å². The van der Waals surface area contributed by atoms with Crippen molar-refractivity contribution in [3.8, 4) is 5.75 Å². The van der Waals surface area contributed by atoms with Crippen molar-refractivity contribution in [1.29, 1.82) is 0 Å². The number of benzene rings is 1. The van der Waals surface area contributed by atoms with Crippen molar-refractivity contribution in [1.82, 2.24) is 9.21 Å². The van der Waals surface area contributed by atoms with Gasteiger partial charge in [0.15, 0.2) is 0 Å². The van der Waals surface area contributed by atoms with Gasteiger partial charge in [0, 0.05) is 31.7 Å². The third-order valence-electron chi connectivity index (χ3n) is 5.98. The van der Waals surface area contributed by atoms with Gasteiger partial charge in [0.2, 0.25) is 10.0 Å². The average Bonchev–Trinajstić information content (AvgIpc) is 3.03. The number of carbonyl (C=O) groups excluding carboxylic acids is 1. The van der Waals surface area contributed by atoms with Crippen molar-refractivity contribution in [2.24, 2.45) is 5.92 Å². The molecule has 0 bridgehead atoms. The van der Waals surface area contributed by atoms with E-state index in [1.807, 2.05) is 4.90 Å². The molecule has 2 saturated heterocycles. The number of hydrogen-bond acceptors (Lipinski definition) is 4. The molecule has 28 heavy (non-hydrogen) atoms. The SMILES string of the molecule is CCC1CCCN(C(=O)c2ccc(OC)c(S(=O)(=O)N3CCCCCC3)c2)C1. The van der Waals surface area contributed by atoms with E-state index in [0.717, 1.165) is 58.0 Å². The summed E-state index contributed by atoms with van der Waals surface area (Å²) < 4.78 is 33.5. The zero-order chi connectivity index (χ0) is 20.1. The van der Waals surface area contributed by atoms with Gasteiger partial charge in [-0.15, -0.1) is 0 Å². The van der Waals surface area contributed by atoms with Crippen LogP contribution in [0.4, 0.5) is 0 Å². The molecule has 6 nitrogen and oxygen atoms in total. The number of likely N-dealkylation sites (tertiary alicyclic amines) is 1. The Morgan fingerprint density at radius 2 is 1.82 bits per heavy atom. The molecule has 1 unspecified atom stereocenters. The van der Waals surface area contributed by atoms with Crippen LogP contribution < -0.4 is 4.74 Å². The van der Waals surface area contributed by atoms with Crippen LogP contribution in [0.15, 0.2) is 23.1 Å². The number of ether oxygens (including phenoxy) is 1. The Hall–Kier alpha value is -1.60. The zero-order valence-corrected chi connectivity index (χ0v) is 17.8. The lowest BCUT2D eigenvalue weighted by Crippen LogP contribution is -2.40. The van der Waals surface area contributed by atoms with Gasteiger partial charge in [-0.1, -0.05) is 26.2 Å². The molecule has 156 valence electrons. The predicted molar refractivity (Wildman–Crippen MR) is 109 cm³/mol. The number of amides is 1. The summed E-state index contributed by atoms with van der Waals surface area (Å²) in [6.07, 6.45) is 7.04. The van der Waals surface area contributed by atoms with Crippen LogP contribution in [0.3, 0.4) is 0 Å². The lowest BCUT2D eigenvalue weighted by molar-refractivity contribution is 0.0671. The molecule has 3 rings (SSSR count). The van der Waals surface area contributed by atoms with E-state index in [0.29, 0.717) is 30.3 Å². The molecule has 0 saturated carbocycles. The Balaban J connectivity index is 1.90. The van der Waals surface area contributed by atoms with Gasteiger partial charge in [0.25, 0.3) is 5.91 Å². The Bertz CT molecular complexity index is 786. The average molecular weight is 409 g/mol. The predicted octanol–water partition coefficient (Wildman–Crippen LogP) is 3.52. The monoisotopic (exact) mass is 408 g/mol. The van der Waals surface area contributed by atoms with E-state index < -0.39 is 10.0 Å². The van der Waals surface area contributed by atoms with E-state index in [2.05, 4.69) is 6.92 Å². The Morgan fingerprint density at radius 1 is 1.11 bits per heavy atom. The van der Waals surface area contributed by atoms with Crippen LogP contribution >= 0.6 is 0 Å². The molecule has 1 amide bonds. The highest BCUT2D eigenvalue weighted by Gasteiger charge is 2.30. The number of carbonyl (C=O) groups is 1. The molecule has 0 radical (unpaired) electrons. The number of methoxy groups -OCH3 is 1. The fourth-order valence-electron chi connectivity index (χ4n) is 4.20. The molecular weight excluding hydrogens is 376 g/mol. The first-order valence-electron chi connectivity index (χ1n) is 10.4. The highest BCUT2D eigenvalue weighted by atomic mass is 32.2. The number of rotatable bonds is 5. The van der Waals surface area contributed by atoms with Crippen molar-refractivity contribution >= 4 is 15.9 Å². The normalized spacial score (nSPS) is 21.9. The molecule has 7 heteroatoms. The molecule has 1 aromatic carbocycles. The molecule has 0 aliphatic carbocycles. The van der Waals surface area contributed by atoms with Crippen LogP contribution in [0.1, 0.15) is 62.2 Å². The molecule has 2 fully saturated rings. The van der Waals surface area contributed by atoms with Crippen LogP contribution in [0.2, 0.25) is 0 Å². The highest BCUT2D eigenvalue weighted by Crippen LogP contribution is 2.30. The van der Waals surface area contributed by atoms with E-state index in [1.165, 1.54) is 13.2 Å². The molecule has 0 N–H and O–H groups in total. The number of nitrogens with zero attached hydrogens (tertiary/aromatic N) is 2. The smallest absolute Gasteiger partial charge is 0.253 e. The van der Waals surface area contributed by atoms with Gasteiger partial charge < -0.3 is 9.64 Å². The molecule has 0 aromatic heterocycles. The Kier molecular flexibility index (Phi) is 6.99. The van der Waals surface area contributed by atoms with E-state index in [1.54, 1.807) is 16.4 Å². The van der Waals surface area contributed by atoms with Gasteiger partial charge in [-0.25, -0.2) is 8.42 Å². The van der Waals surface area contributed by atoms with Gasteiger partial charge in [-0.2, -0.15) is 4.31 Å². The second-order valence-electron chi connectivity index (χ2n) is 7.85. The third-order valence-corrected chi connectivity index (χ3v) is 7.90.